The standard InChI is InChI=1S/C15H17ClFN3/c1-2-6-18-15(11-5-7-19-20-10-11)9-12-8-13(17)3-4-14(12)16/h3-5,7-8,10,15,18H,2,6,9H2,1H3. The van der Waals surface area contributed by atoms with Gasteiger partial charge in [0.05, 0.1) is 6.20 Å². The van der Waals surface area contributed by atoms with Crippen LogP contribution in [0.15, 0.2) is 36.7 Å². The van der Waals surface area contributed by atoms with Crippen molar-refractivity contribution in [3.63, 3.8) is 0 Å². The highest BCUT2D eigenvalue weighted by Crippen LogP contribution is 2.24. The van der Waals surface area contributed by atoms with E-state index in [0.29, 0.717) is 11.4 Å². The Morgan fingerprint density at radius 3 is 2.85 bits per heavy atom. The Kier molecular flexibility index (Phi) is 5.44. The van der Waals surface area contributed by atoms with Crippen LogP contribution in [-0.4, -0.2) is 16.7 Å². The molecule has 1 atom stereocenters. The largest absolute Gasteiger partial charge is 0.310 e. The van der Waals surface area contributed by atoms with Crippen molar-refractivity contribution in [2.45, 2.75) is 25.8 Å². The van der Waals surface area contributed by atoms with E-state index in [0.717, 1.165) is 24.1 Å². The van der Waals surface area contributed by atoms with Crippen molar-refractivity contribution in [3.8, 4) is 0 Å². The van der Waals surface area contributed by atoms with Crippen molar-refractivity contribution in [2.75, 3.05) is 6.54 Å². The fourth-order valence-corrected chi connectivity index (χ4v) is 2.25. The predicted molar refractivity (Wildman–Crippen MR) is 78.2 cm³/mol. The van der Waals surface area contributed by atoms with Gasteiger partial charge in [0.2, 0.25) is 0 Å². The maximum Gasteiger partial charge on any atom is 0.123 e. The molecule has 0 bridgehead atoms. The molecular formula is C15H17ClFN3. The molecule has 20 heavy (non-hydrogen) atoms. The second-order valence-corrected chi connectivity index (χ2v) is 5.03. The van der Waals surface area contributed by atoms with Gasteiger partial charge in [-0.1, -0.05) is 18.5 Å². The van der Waals surface area contributed by atoms with Gasteiger partial charge in [-0.05, 0) is 54.8 Å². The van der Waals surface area contributed by atoms with E-state index >= 15 is 0 Å². The molecule has 0 aliphatic heterocycles. The van der Waals surface area contributed by atoms with Gasteiger partial charge in [-0.25, -0.2) is 4.39 Å². The molecule has 0 radical (unpaired) electrons. The van der Waals surface area contributed by atoms with E-state index in [1.165, 1.54) is 12.1 Å². The highest BCUT2D eigenvalue weighted by atomic mass is 35.5. The fraction of sp³-hybridized carbons (Fsp3) is 0.333. The van der Waals surface area contributed by atoms with Gasteiger partial charge >= 0.3 is 0 Å². The Hall–Kier alpha value is -1.52. The zero-order chi connectivity index (χ0) is 14.4. The lowest BCUT2D eigenvalue weighted by Crippen LogP contribution is -2.24. The molecule has 0 saturated heterocycles. The molecule has 5 heteroatoms. The minimum Gasteiger partial charge on any atom is -0.310 e. The Bertz CT molecular complexity index is 548. The van der Waals surface area contributed by atoms with Gasteiger partial charge in [0, 0.05) is 17.3 Å². The summed E-state index contributed by atoms with van der Waals surface area (Å²) in [7, 11) is 0. The highest BCUT2D eigenvalue weighted by molar-refractivity contribution is 6.31. The number of benzene rings is 1. The first kappa shape index (κ1) is 14.9. The van der Waals surface area contributed by atoms with Gasteiger partial charge in [0.15, 0.2) is 0 Å². The summed E-state index contributed by atoms with van der Waals surface area (Å²) >= 11 is 6.14. The number of hydrogen-bond donors (Lipinski definition) is 1. The maximum atomic E-state index is 13.4. The first-order valence-corrected chi connectivity index (χ1v) is 7.02. The Balaban J connectivity index is 2.21. The van der Waals surface area contributed by atoms with Crippen molar-refractivity contribution < 1.29 is 4.39 Å². The lowest BCUT2D eigenvalue weighted by atomic mass is 10.00. The van der Waals surface area contributed by atoms with E-state index in [9.17, 15) is 4.39 Å². The molecular weight excluding hydrogens is 277 g/mol. The van der Waals surface area contributed by atoms with Crippen LogP contribution in [0.1, 0.15) is 30.5 Å². The summed E-state index contributed by atoms with van der Waals surface area (Å²) in [4.78, 5) is 0. The summed E-state index contributed by atoms with van der Waals surface area (Å²) in [6.07, 6.45) is 5.01. The average Bonchev–Trinajstić information content (AvgIpc) is 2.48. The third kappa shape index (κ3) is 3.99. The summed E-state index contributed by atoms with van der Waals surface area (Å²) < 4.78 is 13.4. The molecule has 2 aromatic rings. The van der Waals surface area contributed by atoms with Crippen LogP contribution in [0.25, 0.3) is 0 Å². The van der Waals surface area contributed by atoms with E-state index in [-0.39, 0.29) is 11.9 Å². The average molecular weight is 294 g/mol. The summed E-state index contributed by atoms with van der Waals surface area (Å²) in [5.74, 6) is -0.272. The van der Waals surface area contributed by atoms with Crippen molar-refractivity contribution in [3.05, 3.63) is 58.6 Å². The third-order valence-corrected chi connectivity index (χ3v) is 3.45. The zero-order valence-corrected chi connectivity index (χ0v) is 12.1. The van der Waals surface area contributed by atoms with Crippen molar-refractivity contribution >= 4 is 11.6 Å². The number of aromatic nitrogens is 2. The maximum absolute atomic E-state index is 13.4. The summed E-state index contributed by atoms with van der Waals surface area (Å²) in [5.41, 5.74) is 1.81. The van der Waals surface area contributed by atoms with Gasteiger partial charge in [0.1, 0.15) is 5.82 Å². The molecule has 0 saturated carbocycles. The van der Waals surface area contributed by atoms with Crippen LogP contribution in [-0.2, 0) is 6.42 Å². The number of rotatable bonds is 6. The van der Waals surface area contributed by atoms with Gasteiger partial charge in [-0.15, -0.1) is 0 Å². The van der Waals surface area contributed by atoms with Gasteiger partial charge in [-0.3, -0.25) is 0 Å². The smallest absolute Gasteiger partial charge is 0.123 e. The van der Waals surface area contributed by atoms with E-state index < -0.39 is 0 Å². The molecule has 1 N–H and O–H groups in total. The SMILES string of the molecule is CCCNC(Cc1cc(F)ccc1Cl)c1ccnnc1. The second-order valence-electron chi connectivity index (χ2n) is 4.62. The molecule has 106 valence electrons. The van der Waals surface area contributed by atoms with Crippen LogP contribution in [0.3, 0.4) is 0 Å². The molecule has 2 rings (SSSR count). The van der Waals surface area contributed by atoms with Crippen LogP contribution in [0, 0.1) is 5.82 Å². The minimum atomic E-state index is -0.272. The Morgan fingerprint density at radius 2 is 2.15 bits per heavy atom. The van der Waals surface area contributed by atoms with Crippen LogP contribution in [0.2, 0.25) is 5.02 Å². The molecule has 0 aliphatic carbocycles. The first-order valence-electron chi connectivity index (χ1n) is 6.64. The van der Waals surface area contributed by atoms with Crippen LogP contribution in [0.4, 0.5) is 4.39 Å². The zero-order valence-electron chi connectivity index (χ0n) is 11.3. The van der Waals surface area contributed by atoms with Crippen molar-refractivity contribution in [1.29, 1.82) is 0 Å². The number of nitrogens with one attached hydrogen (secondary N) is 1. The Labute approximate surface area is 123 Å². The summed E-state index contributed by atoms with van der Waals surface area (Å²) in [5, 5.41) is 11.7. The van der Waals surface area contributed by atoms with Crippen LogP contribution < -0.4 is 5.32 Å². The monoisotopic (exact) mass is 293 g/mol. The number of nitrogens with zero attached hydrogens (tertiary/aromatic N) is 2. The molecule has 0 fully saturated rings. The number of hydrogen-bond acceptors (Lipinski definition) is 3. The summed E-state index contributed by atoms with van der Waals surface area (Å²) in [6.45, 7) is 2.98. The first-order chi connectivity index (χ1) is 9.70. The van der Waals surface area contributed by atoms with Crippen molar-refractivity contribution in [1.82, 2.24) is 15.5 Å². The van der Waals surface area contributed by atoms with E-state index in [4.69, 9.17) is 11.6 Å². The fourth-order valence-electron chi connectivity index (χ4n) is 2.05. The lowest BCUT2D eigenvalue weighted by molar-refractivity contribution is 0.524. The van der Waals surface area contributed by atoms with Crippen molar-refractivity contribution in [2.24, 2.45) is 0 Å². The van der Waals surface area contributed by atoms with E-state index in [2.05, 4.69) is 22.4 Å². The molecule has 1 unspecified atom stereocenters. The van der Waals surface area contributed by atoms with E-state index in [1.54, 1.807) is 18.5 Å². The van der Waals surface area contributed by atoms with Gasteiger partial charge in [-0.2, -0.15) is 10.2 Å². The topological polar surface area (TPSA) is 37.8 Å². The van der Waals surface area contributed by atoms with Crippen LogP contribution in [0.5, 0.6) is 0 Å². The molecule has 3 nitrogen and oxygen atoms in total. The molecule has 0 aliphatic rings. The number of halogens is 2. The predicted octanol–water partition coefficient (Wildman–Crippen LogP) is 3.55. The highest BCUT2D eigenvalue weighted by Gasteiger charge is 2.14. The van der Waals surface area contributed by atoms with E-state index in [1.807, 2.05) is 6.07 Å². The minimum absolute atomic E-state index is 0.0461. The molecule has 0 spiro atoms. The summed E-state index contributed by atoms with van der Waals surface area (Å²) in [6, 6.07) is 6.40. The molecule has 1 heterocycles. The van der Waals surface area contributed by atoms with Gasteiger partial charge in [0.25, 0.3) is 0 Å². The quantitative estimate of drug-likeness (QED) is 0.885. The third-order valence-electron chi connectivity index (χ3n) is 3.08. The second kappa shape index (κ2) is 7.31. The van der Waals surface area contributed by atoms with Gasteiger partial charge < -0.3 is 5.32 Å². The Morgan fingerprint density at radius 1 is 1.30 bits per heavy atom. The molecule has 1 aromatic carbocycles. The molecule has 1 aromatic heterocycles. The normalized spacial score (nSPS) is 12.3. The lowest BCUT2D eigenvalue weighted by Gasteiger charge is -2.19. The molecule has 0 amide bonds. The van der Waals surface area contributed by atoms with Crippen LogP contribution >= 0.6 is 11.6 Å².